The smallest absolute Gasteiger partial charge is 0.295 e. The van der Waals surface area contributed by atoms with E-state index in [1.807, 2.05) is 19.9 Å². The first-order chi connectivity index (χ1) is 15.2. The van der Waals surface area contributed by atoms with E-state index in [0.29, 0.717) is 28.7 Å². The van der Waals surface area contributed by atoms with Crippen LogP contribution in [0.2, 0.25) is 5.15 Å². The summed E-state index contributed by atoms with van der Waals surface area (Å²) in [5.41, 5.74) is 2.48. The third-order valence-corrected chi connectivity index (χ3v) is 7.91. The Kier molecular flexibility index (Phi) is 6.22. The lowest BCUT2D eigenvalue weighted by atomic mass is 10.2. The van der Waals surface area contributed by atoms with Crippen molar-refractivity contribution in [1.82, 2.24) is 19.5 Å². The number of sulfone groups is 1. The molecule has 0 saturated heterocycles. The van der Waals surface area contributed by atoms with E-state index in [4.69, 9.17) is 11.6 Å². The maximum atomic E-state index is 13.3. The largest absolute Gasteiger partial charge is 0.361 e. The second-order valence-electron chi connectivity index (χ2n) is 8.11. The lowest BCUT2D eigenvalue weighted by Gasteiger charge is -2.19. The first kappa shape index (κ1) is 22.7. The predicted molar refractivity (Wildman–Crippen MR) is 125 cm³/mol. The van der Waals surface area contributed by atoms with Gasteiger partial charge in [0, 0.05) is 18.8 Å². The quantitative estimate of drug-likeness (QED) is 0.494. The predicted octanol–water partition coefficient (Wildman–Crippen LogP) is 3.78. The van der Waals surface area contributed by atoms with Gasteiger partial charge in [-0.2, -0.15) is 0 Å². The molecule has 1 atom stereocenters. The van der Waals surface area contributed by atoms with Crippen LogP contribution in [0.3, 0.4) is 0 Å². The third-order valence-electron chi connectivity index (χ3n) is 5.94. The molecule has 3 heterocycles. The van der Waals surface area contributed by atoms with Gasteiger partial charge in [-0.25, -0.2) is 23.4 Å². The molecular weight excluding hydrogens is 450 g/mol. The summed E-state index contributed by atoms with van der Waals surface area (Å²) in [6.45, 7) is 5.89. The van der Waals surface area contributed by atoms with Crippen LogP contribution in [0, 0.1) is 5.92 Å². The molecule has 10 heteroatoms. The van der Waals surface area contributed by atoms with Crippen LogP contribution in [0.1, 0.15) is 50.8 Å². The fourth-order valence-corrected chi connectivity index (χ4v) is 4.77. The van der Waals surface area contributed by atoms with Crippen molar-refractivity contribution in [3.8, 4) is 0 Å². The number of aromatic nitrogens is 4. The van der Waals surface area contributed by atoms with E-state index in [1.54, 1.807) is 17.6 Å². The monoisotopic (exact) mass is 475 g/mol. The summed E-state index contributed by atoms with van der Waals surface area (Å²) in [7, 11) is -3.36. The van der Waals surface area contributed by atoms with Crippen molar-refractivity contribution < 1.29 is 8.42 Å². The molecule has 4 rings (SSSR count). The van der Waals surface area contributed by atoms with Crippen LogP contribution < -0.4 is 10.9 Å². The van der Waals surface area contributed by atoms with E-state index in [-0.39, 0.29) is 34.7 Å². The highest BCUT2D eigenvalue weighted by Crippen LogP contribution is 2.39. The number of anilines is 1. The summed E-state index contributed by atoms with van der Waals surface area (Å²) in [5, 5.41) is 3.55. The number of hydrogen-bond acceptors (Lipinski definition) is 7. The number of hydrogen-bond donors (Lipinski definition) is 1. The van der Waals surface area contributed by atoms with E-state index in [0.717, 1.165) is 24.0 Å². The van der Waals surface area contributed by atoms with Crippen LogP contribution in [0.4, 0.5) is 5.82 Å². The van der Waals surface area contributed by atoms with E-state index >= 15 is 0 Å². The number of halogens is 1. The zero-order chi connectivity index (χ0) is 23.0. The Balaban J connectivity index is 1.70. The molecule has 1 aliphatic carbocycles. The first-order valence-corrected chi connectivity index (χ1v) is 12.8. The van der Waals surface area contributed by atoms with Gasteiger partial charge in [-0.05, 0) is 55.4 Å². The normalized spacial score (nSPS) is 15.1. The summed E-state index contributed by atoms with van der Waals surface area (Å²) < 4.78 is 25.6. The Bertz CT molecular complexity index is 1320. The van der Waals surface area contributed by atoms with Crippen LogP contribution in [0.5, 0.6) is 0 Å². The topological polar surface area (TPSA) is 107 Å². The second kappa shape index (κ2) is 8.78. The van der Waals surface area contributed by atoms with Crippen molar-refractivity contribution in [2.75, 3.05) is 11.1 Å². The molecule has 1 fully saturated rings. The molecule has 1 saturated carbocycles. The number of aryl methyl sites for hydroxylation is 1. The van der Waals surface area contributed by atoms with Gasteiger partial charge in [-0.3, -0.25) is 9.36 Å². The SMILES string of the molecule is CCc1cc2nc(NCc3ccc(S(=O)(=O)CC)nc3)c(=O)n(C(C)C3CC3)c2nc1Cl. The average molecular weight is 476 g/mol. The van der Waals surface area contributed by atoms with E-state index in [2.05, 4.69) is 20.3 Å². The number of rotatable bonds is 8. The summed E-state index contributed by atoms with van der Waals surface area (Å²) in [5.74, 6) is 0.658. The molecule has 0 spiro atoms. The molecule has 3 aromatic rings. The maximum Gasteiger partial charge on any atom is 0.295 e. The van der Waals surface area contributed by atoms with Gasteiger partial charge in [0.05, 0.1) is 5.75 Å². The third kappa shape index (κ3) is 4.36. The van der Waals surface area contributed by atoms with Gasteiger partial charge >= 0.3 is 0 Å². The van der Waals surface area contributed by atoms with Crippen molar-refractivity contribution >= 4 is 38.4 Å². The minimum Gasteiger partial charge on any atom is -0.361 e. The number of nitrogens with one attached hydrogen (secondary N) is 1. The van der Waals surface area contributed by atoms with Gasteiger partial charge in [-0.1, -0.05) is 31.5 Å². The van der Waals surface area contributed by atoms with Crippen LogP contribution >= 0.6 is 11.6 Å². The molecule has 32 heavy (non-hydrogen) atoms. The number of pyridine rings is 2. The van der Waals surface area contributed by atoms with E-state index in [9.17, 15) is 13.2 Å². The summed E-state index contributed by atoms with van der Waals surface area (Å²) in [4.78, 5) is 26.4. The molecule has 0 aromatic carbocycles. The molecule has 1 aliphatic rings. The van der Waals surface area contributed by atoms with Crippen molar-refractivity contribution in [1.29, 1.82) is 0 Å². The molecule has 3 aromatic heterocycles. The summed E-state index contributed by atoms with van der Waals surface area (Å²) >= 11 is 6.34. The van der Waals surface area contributed by atoms with Crippen molar-refractivity contribution in [3.05, 3.63) is 51.0 Å². The average Bonchev–Trinajstić information content (AvgIpc) is 3.63. The fraction of sp³-hybridized carbons (Fsp3) is 0.455. The summed E-state index contributed by atoms with van der Waals surface area (Å²) in [6, 6.07) is 5.05. The molecule has 170 valence electrons. The summed E-state index contributed by atoms with van der Waals surface area (Å²) in [6.07, 6.45) is 4.37. The Hall–Kier alpha value is -2.52. The molecule has 0 bridgehead atoms. The van der Waals surface area contributed by atoms with Crippen molar-refractivity contribution in [2.45, 2.75) is 57.6 Å². The van der Waals surface area contributed by atoms with Crippen molar-refractivity contribution in [2.24, 2.45) is 5.92 Å². The van der Waals surface area contributed by atoms with Crippen molar-refractivity contribution in [3.63, 3.8) is 0 Å². The Labute approximate surface area is 192 Å². The molecule has 1 N–H and O–H groups in total. The molecular formula is C22H26ClN5O3S. The van der Waals surface area contributed by atoms with E-state index < -0.39 is 9.84 Å². The Morgan fingerprint density at radius 2 is 2.00 bits per heavy atom. The first-order valence-electron chi connectivity index (χ1n) is 10.8. The molecule has 0 radical (unpaired) electrons. The molecule has 0 aliphatic heterocycles. The highest BCUT2D eigenvalue weighted by atomic mass is 35.5. The van der Waals surface area contributed by atoms with Crippen LogP contribution in [0.15, 0.2) is 34.2 Å². The van der Waals surface area contributed by atoms with Gasteiger partial charge < -0.3 is 5.32 Å². The second-order valence-corrected chi connectivity index (χ2v) is 10.7. The molecule has 8 nitrogen and oxygen atoms in total. The van der Waals surface area contributed by atoms with Gasteiger partial charge in [0.1, 0.15) is 10.7 Å². The Morgan fingerprint density at radius 1 is 1.25 bits per heavy atom. The zero-order valence-corrected chi connectivity index (χ0v) is 19.9. The van der Waals surface area contributed by atoms with Crippen LogP contribution in [-0.2, 0) is 22.8 Å². The van der Waals surface area contributed by atoms with Gasteiger partial charge in [0.15, 0.2) is 26.3 Å². The standard InChI is InChI=1S/C22H26ClN5O3S/c1-4-15-10-17-21(27-19(15)23)28(13(3)16-7-8-16)22(29)20(26-17)25-12-14-6-9-18(24-11-14)32(30,31)5-2/h6,9-11,13,16H,4-5,7-8,12H2,1-3H3,(H,25,26). The highest BCUT2D eigenvalue weighted by Gasteiger charge is 2.32. The zero-order valence-electron chi connectivity index (χ0n) is 18.3. The highest BCUT2D eigenvalue weighted by molar-refractivity contribution is 7.91. The van der Waals surface area contributed by atoms with Crippen LogP contribution in [0.25, 0.3) is 11.2 Å². The lowest BCUT2D eigenvalue weighted by molar-refractivity contribution is 0.483. The fourth-order valence-electron chi connectivity index (χ4n) is 3.71. The van der Waals surface area contributed by atoms with Gasteiger partial charge in [0.2, 0.25) is 0 Å². The Morgan fingerprint density at radius 3 is 2.59 bits per heavy atom. The number of nitrogens with zero attached hydrogens (tertiary/aromatic N) is 4. The minimum absolute atomic E-state index is 0.00483. The molecule has 1 unspecified atom stereocenters. The lowest BCUT2D eigenvalue weighted by Crippen LogP contribution is -2.29. The van der Waals surface area contributed by atoms with Crippen LogP contribution in [-0.4, -0.2) is 33.7 Å². The minimum atomic E-state index is -3.36. The maximum absolute atomic E-state index is 13.3. The van der Waals surface area contributed by atoms with Gasteiger partial charge in [0.25, 0.3) is 5.56 Å². The molecule has 0 amide bonds. The van der Waals surface area contributed by atoms with E-state index in [1.165, 1.54) is 12.3 Å². The number of fused-ring (bicyclic) bond motifs is 1. The van der Waals surface area contributed by atoms with Gasteiger partial charge in [-0.15, -0.1) is 0 Å².